The summed E-state index contributed by atoms with van der Waals surface area (Å²) in [7, 11) is 1.61. The Bertz CT molecular complexity index is 1050. The van der Waals surface area contributed by atoms with E-state index >= 15 is 0 Å². The van der Waals surface area contributed by atoms with Crippen LogP contribution in [0.3, 0.4) is 0 Å². The molecule has 2 heterocycles. The molecule has 0 aliphatic carbocycles. The Kier molecular flexibility index (Phi) is 7.01. The van der Waals surface area contributed by atoms with Gasteiger partial charge in [-0.25, -0.2) is 14.4 Å². The summed E-state index contributed by atoms with van der Waals surface area (Å²) in [6.07, 6.45) is 3.01. The van der Waals surface area contributed by atoms with E-state index in [4.69, 9.17) is 30.5 Å². The third-order valence-corrected chi connectivity index (χ3v) is 5.20. The first-order valence-corrected chi connectivity index (χ1v) is 10.4. The van der Waals surface area contributed by atoms with E-state index in [-0.39, 0.29) is 16.8 Å². The smallest absolute Gasteiger partial charge is 0.165 e. The Hall–Kier alpha value is -2.68. The van der Waals surface area contributed by atoms with Crippen LogP contribution < -0.4 is 14.8 Å². The van der Waals surface area contributed by atoms with Crippen LogP contribution in [0, 0.1) is 5.82 Å². The molecule has 164 valence electrons. The Balaban J connectivity index is 1.70. The van der Waals surface area contributed by atoms with Gasteiger partial charge in [0.2, 0.25) is 0 Å². The summed E-state index contributed by atoms with van der Waals surface area (Å²) < 4.78 is 37.0. The van der Waals surface area contributed by atoms with Crippen LogP contribution in [-0.2, 0) is 9.47 Å². The van der Waals surface area contributed by atoms with Crippen LogP contribution in [0.5, 0.6) is 11.5 Å². The van der Waals surface area contributed by atoms with Gasteiger partial charge in [-0.1, -0.05) is 17.7 Å². The Labute approximate surface area is 184 Å². The average Bonchev–Trinajstić information content (AvgIpc) is 2.78. The Morgan fingerprint density at radius 3 is 2.81 bits per heavy atom. The maximum Gasteiger partial charge on any atom is 0.165 e. The van der Waals surface area contributed by atoms with Crippen molar-refractivity contribution in [3.8, 4) is 11.5 Å². The third kappa shape index (κ3) is 5.15. The fourth-order valence-electron chi connectivity index (χ4n) is 3.30. The van der Waals surface area contributed by atoms with Gasteiger partial charge in [-0.05, 0) is 18.2 Å². The number of halogens is 2. The number of hydrogen-bond donors (Lipinski definition) is 1. The lowest BCUT2D eigenvalue weighted by atomic mass is 10.1. The first-order valence-electron chi connectivity index (χ1n) is 10.0. The summed E-state index contributed by atoms with van der Waals surface area (Å²) in [4.78, 5) is 8.64. The van der Waals surface area contributed by atoms with Crippen LogP contribution in [-0.4, -0.2) is 49.6 Å². The molecule has 1 aliphatic rings. The molecule has 4 rings (SSSR count). The molecule has 1 saturated heterocycles. The van der Waals surface area contributed by atoms with E-state index in [2.05, 4.69) is 15.3 Å². The molecular formula is C22H23ClFN3O4. The molecule has 0 amide bonds. The summed E-state index contributed by atoms with van der Waals surface area (Å²) in [5.74, 6) is 1.02. The lowest BCUT2D eigenvalue weighted by molar-refractivity contribution is 0.0240. The molecule has 0 atom stereocenters. The van der Waals surface area contributed by atoms with Crippen molar-refractivity contribution in [2.45, 2.75) is 18.9 Å². The minimum absolute atomic E-state index is 0.0161. The summed E-state index contributed by atoms with van der Waals surface area (Å²) in [5.41, 5.74) is 0.853. The van der Waals surface area contributed by atoms with Gasteiger partial charge in [0.1, 0.15) is 24.9 Å². The lowest BCUT2D eigenvalue weighted by Gasteiger charge is -2.25. The quantitative estimate of drug-likeness (QED) is 0.499. The van der Waals surface area contributed by atoms with E-state index in [1.807, 2.05) is 6.07 Å². The van der Waals surface area contributed by atoms with Crippen molar-refractivity contribution in [1.29, 1.82) is 0 Å². The van der Waals surface area contributed by atoms with E-state index in [0.717, 1.165) is 12.8 Å². The van der Waals surface area contributed by atoms with Crippen LogP contribution in [0.15, 0.2) is 36.7 Å². The summed E-state index contributed by atoms with van der Waals surface area (Å²) in [6.45, 7) is 2.12. The van der Waals surface area contributed by atoms with Gasteiger partial charge >= 0.3 is 0 Å². The van der Waals surface area contributed by atoms with Gasteiger partial charge < -0.3 is 24.3 Å². The minimum Gasteiger partial charge on any atom is -0.487 e. The van der Waals surface area contributed by atoms with E-state index < -0.39 is 5.82 Å². The van der Waals surface area contributed by atoms with E-state index in [9.17, 15) is 4.39 Å². The highest BCUT2D eigenvalue weighted by Gasteiger charge is 2.20. The average molecular weight is 448 g/mol. The summed E-state index contributed by atoms with van der Waals surface area (Å²) >= 11 is 5.91. The van der Waals surface area contributed by atoms with Gasteiger partial charge in [0.05, 0.1) is 36.0 Å². The molecule has 1 aromatic heterocycles. The molecule has 0 saturated carbocycles. The molecule has 3 aromatic rings. The van der Waals surface area contributed by atoms with E-state index in [1.165, 1.54) is 12.4 Å². The van der Waals surface area contributed by atoms with E-state index in [0.29, 0.717) is 54.6 Å². The third-order valence-electron chi connectivity index (χ3n) is 4.91. The van der Waals surface area contributed by atoms with Gasteiger partial charge in [0.15, 0.2) is 17.3 Å². The molecule has 31 heavy (non-hydrogen) atoms. The normalized spacial score (nSPS) is 14.5. The first-order chi connectivity index (χ1) is 15.2. The predicted octanol–water partition coefficient (Wildman–Crippen LogP) is 4.75. The second-order valence-corrected chi connectivity index (χ2v) is 7.44. The molecule has 1 aliphatic heterocycles. The largest absolute Gasteiger partial charge is 0.487 e. The number of fused-ring (bicyclic) bond motifs is 1. The molecule has 0 spiro atoms. The zero-order chi connectivity index (χ0) is 21.6. The number of anilines is 2. The Morgan fingerprint density at radius 1 is 1.16 bits per heavy atom. The fourth-order valence-corrected chi connectivity index (χ4v) is 3.48. The molecule has 1 N–H and O–H groups in total. The number of aromatic nitrogens is 2. The standard InChI is InChI=1S/C22H23ClFN3O4/c1-28-9-10-30-19-12-18-15(11-20(19)31-14-5-7-29-8-6-14)22(26-13-25-18)27-17-4-2-3-16(23)21(17)24/h2-4,11-14H,5-10H2,1H3,(H,25,26,27). The van der Waals surface area contributed by atoms with Gasteiger partial charge in [-0.2, -0.15) is 0 Å². The summed E-state index contributed by atoms with van der Waals surface area (Å²) in [5, 5.41) is 3.71. The molecule has 0 unspecified atom stereocenters. The van der Waals surface area contributed by atoms with Crippen LogP contribution in [0.4, 0.5) is 15.9 Å². The molecule has 9 heteroatoms. The van der Waals surface area contributed by atoms with Crippen molar-refractivity contribution >= 4 is 34.0 Å². The fraction of sp³-hybridized carbons (Fsp3) is 0.364. The molecule has 7 nitrogen and oxygen atoms in total. The van der Waals surface area contributed by atoms with Crippen LogP contribution in [0.2, 0.25) is 5.02 Å². The highest BCUT2D eigenvalue weighted by Crippen LogP contribution is 2.37. The second kappa shape index (κ2) is 10.1. The zero-order valence-corrected chi connectivity index (χ0v) is 17.8. The maximum atomic E-state index is 14.4. The highest BCUT2D eigenvalue weighted by molar-refractivity contribution is 6.31. The number of methoxy groups -OCH3 is 1. The Morgan fingerprint density at radius 2 is 2.00 bits per heavy atom. The maximum absolute atomic E-state index is 14.4. The number of ether oxygens (including phenoxy) is 4. The van der Waals surface area contributed by atoms with Crippen LogP contribution >= 0.6 is 11.6 Å². The van der Waals surface area contributed by atoms with Crippen molar-refractivity contribution in [3.05, 3.63) is 47.5 Å². The predicted molar refractivity (Wildman–Crippen MR) is 116 cm³/mol. The zero-order valence-electron chi connectivity index (χ0n) is 17.1. The van der Waals surface area contributed by atoms with Crippen molar-refractivity contribution < 1.29 is 23.3 Å². The number of hydrogen-bond acceptors (Lipinski definition) is 7. The van der Waals surface area contributed by atoms with Crippen molar-refractivity contribution in [3.63, 3.8) is 0 Å². The monoisotopic (exact) mass is 447 g/mol. The van der Waals surface area contributed by atoms with Crippen molar-refractivity contribution in [1.82, 2.24) is 9.97 Å². The molecular weight excluding hydrogens is 425 g/mol. The van der Waals surface area contributed by atoms with Crippen LogP contribution in [0.1, 0.15) is 12.8 Å². The second-order valence-electron chi connectivity index (χ2n) is 7.04. The molecule has 1 fully saturated rings. The van der Waals surface area contributed by atoms with Crippen LogP contribution in [0.25, 0.3) is 10.9 Å². The number of benzene rings is 2. The molecule has 2 aromatic carbocycles. The SMILES string of the molecule is COCCOc1cc2ncnc(Nc3cccc(Cl)c3F)c2cc1OC1CCOCC1. The highest BCUT2D eigenvalue weighted by atomic mass is 35.5. The number of nitrogens with zero attached hydrogens (tertiary/aromatic N) is 2. The van der Waals surface area contributed by atoms with Crippen molar-refractivity contribution in [2.24, 2.45) is 0 Å². The van der Waals surface area contributed by atoms with Gasteiger partial charge in [-0.15, -0.1) is 0 Å². The van der Waals surface area contributed by atoms with Gasteiger partial charge in [-0.3, -0.25) is 0 Å². The lowest BCUT2D eigenvalue weighted by Crippen LogP contribution is -2.26. The summed E-state index contributed by atoms with van der Waals surface area (Å²) in [6, 6.07) is 8.36. The topological polar surface area (TPSA) is 74.7 Å². The molecule has 0 radical (unpaired) electrons. The molecule has 0 bridgehead atoms. The van der Waals surface area contributed by atoms with Gasteiger partial charge in [0, 0.05) is 31.4 Å². The number of rotatable bonds is 8. The van der Waals surface area contributed by atoms with E-state index in [1.54, 1.807) is 25.3 Å². The van der Waals surface area contributed by atoms with Gasteiger partial charge in [0.25, 0.3) is 0 Å². The van der Waals surface area contributed by atoms with Crippen molar-refractivity contribution in [2.75, 3.05) is 38.9 Å². The first kappa shape index (κ1) is 21.5. The minimum atomic E-state index is -0.547. The number of nitrogens with one attached hydrogen (secondary N) is 1.